The van der Waals surface area contributed by atoms with Crippen molar-refractivity contribution < 1.29 is 14.3 Å². The van der Waals surface area contributed by atoms with Crippen molar-refractivity contribution in [3.63, 3.8) is 0 Å². The average molecular weight is 257 g/mol. The normalized spacial score (nSPS) is 11.1. The molecule has 0 aromatic carbocycles. The van der Waals surface area contributed by atoms with E-state index in [1.54, 1.807) is 20.8 Å². The van der Waals surface area contributed by atoms with Gasteiger partial charge < -0.3 is 4.74 Å². The molecule has 0 aliphatic carbocycles. The van der Waals surface area contributed by atoms with E-state index in [0.29, 0.717) is 0 Å². The van der Waals surface area contributed by atoms with Crippen LogP contribution in [0.2, 0.25) is 5.15 Å². The molecule has 0 aliphatic heterocycles. The highest BCUT2D eigenvalue weighted by molar-refractivity contribution is 6.29. The number of aromatic nitrogens is 2. The van der Waals surface area contributed by atoms with Crippen molar-refractivity contribution in [2.75, 3.05) is 0 Å². The molecule has 0 aliphatic rings. The first-order valence-electron chi connectivity index (χ1n) is 5.02. The van der Waals surface area contributed by atoms with E-state index < -0.39 is 17.4 Å². The van der Waals surface area contributed by atoms with Crippen LogP contribution >= 0.6 is 11.6 Å². The Balaban J connectivity index is 2.61. The number of esters is 1. The molecule has 0 fully saturated rings. The van der Waals surface area contributed by atoms with Gasteiger partial charge in [0.25, 0.3) is 0 Å². The molecule has 0 saturated heterocycles. The Bertz CT molecular complexity index is 423. The SMILES string of the molecule is CC(C)(C)OC(=O)CC(=O)c1ccc(Cl)nn1. The fourth-order valence-corrected chi connectivity index (χ4v) is 1.16. The lowest BCUT2D eigenvalue weighted by Crippen LogP contribution is -2.25. The maximum absolute atomic E-state index is 11.6. The molecule has 0 bridgehead atoms. The van der Waals surface area contributed by atoms with Gasteiger partial charge in [-0.25, -0.2) is 0 Å². The quantitative estimate of drug-likeness (QED) is 0.470. The predicted octanol–water partition coefficient (Wildman–Crippen LogP) is 2.04. The van der Waals surface area contributed by atoms with Crippen LogP contribution in [0.4, 0.5) is 0 Å². The second kappa shape index (κ2) is 5.23. The molecule has 5 nitrogen and oxygen atoms in total. The third-order valence-corrected chi connectivity index (χ3v) is 1.84. The zero-order chi connectivity index (χ0) is 13.1. The van der Waals surface area contributed by atoms with Crippen LogP contribution in [0.25, 0.3) is 0 Å². The van der Waals surface area contributed by atoms with Crippen molar-refractivity contribution in [2.24, 2.45) is 0 Å². The van der Waals surface area contributed by atoms with Gasteiger partial charge >= 0.3 is 5.97 Å². The molecule has 6 heteroatoms. The van der Waals surface area contributed by atoms with Crippen molar-refractivity contribution >= 4 is 23.4 Å². The first kappa shape index (κ1) is 13.6. The summed E-state index contributed by atoms with van der Waals surface area (Å²) in [6, 6.07) is 2.86. The van der Waals surface area contributed by atoms with Crippen LogP contribution in [-0.4, -0.2) is 27.6 Å². The number of ether oxygens (including phenoxy) is 1. The van der Waals surface area contributed by atoms with Crippen molar-refractivity contribution in [3.8, 4) is 0 Å². The molecular formula is C11H13ClN2O3. The Labute approximate surface area is 104 Å². The van der Waals surface area contributed by atoms with Crippen molar-refractivity contribution in [3.05, 3.63) is 23.0 Å². The van der Waals surface area contributed by atoms with Crippen molar-refractivity contribution in [2.45, 2.75) is 32.8 Å². The first-order chi connectivity index (χ1) is 7.78. The monoisotopic (exact) mass is 256 g/mol. The number of carbonyl (C=O) groups excluding carboxylic acids is 2. The van der Waals surface area contributed by atoms with Gasteiger partial charge in [-0.3, -0.25) is 9.59 Å². The predicted molar refractivity (Wildman–Crippen MR) is 61.8 cm³/mol. The van der Waals surface area contributed by atoms with Crippen LogP contribution in [0.15, 0.2) is 12.1 Å². The molecule has 1 heterocycles. The highest BCUT2D eigenvalue weighted by atomic mass is 35.5. The summed E-state index contributed by atoms with van der Waals surface area (Å²) in [6.07, 6.45) is -0.354. The summed E-state index contributed by atoms with van der Waals surface area (Å²) in [5.74, 6) is -1.03. The molecule has 0 N–H and O–H groups in total. The summed E-state index contributed by atoms with van der Waals surface area (Å²) >= 11 is 5.53. The highest BCUT2D eigenvalue weighted by Gasteiger charge is 2.20. The number of Topliss-reactive ketones (excluding diaryl/α,β-unsaturated/α-hetero) is 1. The minimum atomic E-state index is -0.608. The lowest BCUT2D eigenvalue weighted by molar-refractivity contribution is -0.153. The van der Waals surface area contributed by atoms with E-state index >= 15 is 0 Å². The Morgan fingerprint density at radius 1 is 1.29 bits per heavy atom. The van der Waals surface area contributed by atoms with Crippen molar-refractivity contribution in [1.82, 2.24) is 10.2 Å². The Morgan fingerprint density at radius 2 is 1.94 bits per heavy atom. The van der Waals surface area contributed by atoms with Crippen LogP contribution < -0.4 is 0 Å². The van der Waals surface area contributed by atoms with Gasteiger partial charge in [-0.2, -0.15) is 0 Å². The van der Waals surface area contributed by atoms with E-state index in [1.807, 2.05) is 0 Å². The fourth-order valence-electron chi connectivity index (χ4n) is 1.06. The zero-order valence-corrected chi connectivity index (χ0v) is 10.6. The highest BCUT2D eigenvalue weighted by Crippen LogP contribution is 2.10. The summed E-state index contributed by atoms with van der Waals surface area (Å²) in [4.78, 5) is 23.0. The number of carbonyl (C=O) groups is 2. The Hall–Kier alpha value is -1.49. The number of nitrogens with zero attached hydrogens (tertiary/aromatic N) is 2. The third-order valence-electron chi connectivity index (χ3n) is 1.64. The summed E-state index contributed by atoms with van der Waals surface area (Å²) in [5.41, 5.74) is -0.511. The molecular weight excluding hydrogens is 244 g/mol. The number of halogens is 1. The van der Waals surface area contributed by atoms with E-state index in [4.69, 9.17) is 16.3 Å². The zero-order valence-electron chi connectivity index (χ0n) is 9.86. The van der Waals surface area contributed by atoms with E-state index in [1.165, 1.54) is 12.1 Å². The summed E-state index contributed by atoms with van der Waals surface area (Å²) in [6.45, 7) is 5.20. The number of ketones is 1. The maximum atomic E-state index is 11.6. The van der Waals surface area contributed by atoms with E-state index in [2.05, 4.69) is 10.2 Å². The molecule has 17 heavy (non-hydrogen) atoms. The lowest BCUT2D eigenvalue weighted by Gasteiger charge is -2.18. The van der Waals surface area contributed by atoms with Crippen molar-refractivity contribution in [1.29, 1.82) is 0 Å². The topological polar surface area (TPSA) is 69.2 Å². The average Bonchev–Trinajstić information content (AvgIpc) is 2.15. The second-order valence-electron chi connectivity index (χ2n) is 4.43. The Morgan fingerprint density at radius 3 is 2.41 bits per heavy atom. The van der Waals surface area contributed by atoms with Crippen LogP contribution in [0.1, 0.15) is 37.7 Å². The van der Waals surface area contributed by atoms with Crippen LogP contribution in [0.3, 0.4) is 0 Å². The third kappa shape index (κ3) is 4.91. The van der Waals surface area contributed by atoms with Gasteiger partial charge in [-0.05, 0) is 32.9 Å². The largest absolute Gasteiger partial charge is 0.460 e. The van der Waals surface area contributed by atoms with E-state index in [9.17, 15) is 9.59 Å². The van der Waals surface area contributed by atoms with Gasteiger partial charge in [0.15, 0.2) is 10.9 Å². The van der Waals surface area contributed by atoms with Gasteiger partial charge in [0.2, 0.25) is 0 Å². The van der Waals surface area contributed by atoms with E-state index in [0.717, 1.165) is 0 Å². The smallest absolute Gasteiger partial charge is 0.314 e. The molecule has 0 spiro atoms. The minimum absolute atomic E-state index is 0.0975. The van der Waals surface area contributed by atoms with Gasteiger partial charge in [0, 0.05) is 0 Å². The molecule has 0 unspecified atom stereocenters. The number of hydrogen-bond acceptors (Lipinski definition) is 5. The fraction of sp³-hybridized carbons (Fsp3) is 0.455. The second-order valence-corrected chi connectivity index (χ2v) is 4.81. The summed E-state index contributed by atoms with van der Waals surface area (Å²) in [7, 11) is 0. The maximum Gasteiger partial charge on any atom is 0.314 e. The molecule has 1 aromatic rings. The molecule has 1 aromatic heterocycles. The first-order valence-corrected chi connectivity index (χ1v) is 5.40. The summed E-state index contributed by atoms with van der Waals surface area (Å²) in [5, 5.41) is 7.31. The molecule has 0 saturated carbocycles. The summed E-state index contributed by atoms with van der Waals surface area (Å²) < 4.78 is 5.02. The molecule has 1 rings (SSSR count). The van der Waals surface area contributed by atoms with Crippen LogP contribution in [0.5, 0.6) is 0 Å². The lowest BCUT2D eigenvalue weighted by atomic mass is 10.1. The van der Waals surface area contributed by atoms with Crippen LogP contribution in [-0.2, 0) is 9.53 Å². The molecule has 0 radical (unpaired) electrons. The Kier molecular flexibility index (Phi) is 4.17. The number of rotatable bonds is 3. The molecule has 92 valence electrons. The van der Waals surface area contributed by atoms with E-state index in [-0.39, 0.29) is 17.3 Å². The molecule has 0 amide bonds. The van der Waals surface area contributed by atoms with Gasteiger partial charge in [0.05, 0.1) is 0 Å². The van der Waals surface area contributed by atoms with Gasteiger partial charge in [0.1, 0.15) is 17.7 Å². The van der Waals surface area contributed by atoms with Crippen LogP contribution in [0, 0.1) is 0 Å². The minimum Gasteiger partial charge on any atom is -0.460 e. The number of hydrogen-bond donors (Lipinski definition) is 0. The standard InChI is InChI=1S/C11H13ClN2O3/c1-11(2,3)17-10(16)6-8(15)7-4-5-9(12)14-13-7/h4-5H,6H2,1-3H3. The molecule has 0 atom stereocenters. The van der Waals surface area contributed by atoms with Gasteiger partial charge in [-0.15, -0.1) is 10.2 Å². The van der Waals surface area contributed by atoms with Gasteiger partial charge in [-0.1, -0.05) is 11.6 Å².